The second kappa shape index (κ2) is 7.42. The minimum Gasteiger partial charge on any atom is -0.310 e. The average molecular weight is 271 g/mol. The normalized spacial score (nSPS) is 21.4. The van der Waals surface area contributed by atoms with E-state index < -0.39 is 0 Å². The number of piperidine rings is 1. The van der Waals surface area contributed by atoms with E-state index in [9.17, 15) is 0 Å². The first kappa shape index (κ1) is 15.0. The van der Waals surface area contributed by atoms with Gasteiger partial charge in [-0.15, -0.1) is 0 Å². The van der Waals surface area contributed by atoms with Crippen LogP contribution in [-0.4, -0.2) is 30.6 Å². The maximum Gasteiger partial charge on any atom is 0.0991 e. The Bertz CT molecular complexity index is 446. The maximum absolute atomic E-state index is 8.79. The zero-order valence-corrected chi connectivity index (χ0v) is 12.6. The number of nitriles is 1. The van der Waals surface area contributed by atoms with Gasteiger partial charge >= 0.3 is 0 Å². The quantitative estimate of drug-likeness (QED) is 0.895. The van der Waals surface area contributed by atoms with Crippen molar-refractivity contribution in [3.63, 3.8) is 0 Å². The minimum absolute atomic E-state index is 0.542. The maximum atomic E-state index is 8.79. The lowest BCUT2D eigenvalue weighted by atomic mass is 9.91. The molecule has 0 bridgehead atoms. The molecule has 1 aromatic carbocycles. The molecule has 0 spiro atoms. The second-order valence-electron chi connectivity index (χ2n) is 5.77. The molecule has 2 atom stereocenters. The third-order valence-electron chi connectivity index (χ3n) is 4.41. The van der Waals surface area contributed by atoms with Gasteiger partial charge in [0.1, 0.15) is 0 Å². The summed E-state index contributed by atoms with van der Waals surface area (Å²) in [5.74, 6) is 0.752. The Kier molecular flexibility index (Phi) is 5.58. The number of nitrogens with one attached hydrogen (secondary N) is 1. The largest absolute Gasteiger partial charge is 0.310 e. The number of likely N-dealkylation sites (tertiary alicyclic amines) is 1. The number of hydrogen-bond donors (Lipinski definition) is 1. The lowest BCUT2D eigenvalue weighted by Crippen LogP contribution is -2.44. The molecule has 0 amide bonds. The summed E-state index contributed by atoms with van der Waals surface area (Å²) < 4.78 is 0. The topological polar surface area (TPSA) is 39.1 Å². The summed E-state index contributed by atoms with van der Waals surface area (Å²) >= 11 is 0. The van der Waals surface area contributed by atoms with E-state index in [0.717, 1.165) is 18.0 Å². The van der Waals surface area contributed by atoms with Crippen LogP contribution in [0.4, 0.5) is 0 Å². The van der Waals surface area contributed by atoms with E-state index in [-0.39, 0.29) is 0 Å². The highest BCUT2D eigenvalue weighted by Gasteiger charge is 2.23. The number of nitrogens with zero attached hydrogens (tertiary/aromatic N) is 2. The molecule has 3 heteroatoms. The van der Waals surface area contributed by atoms with E-state index >= 15 is 0 Å². The van der Waals surface area contributed by atoms with Crippen LogP contribution in [-0.2, 0) is 6.54 Å². The van der Waals surface area contributed by atoms with Gasteiger partial charge in [0.25, 0.3) is 0 Å². The van der Waals surface area contributed by atoms with Crippen molar-refractivity contribution in [2.24, 2.45) is 5.92 Å². The van der Waals surface area contributed by atoms with Gasteiger partial charge in [-0.1, -0.05) is 19.1 Å². The van der Waals surface area contributed by atoms with Crippen LogP contribution in [0.15, 0.2) is 24.3 Å². The van der Waals surface area contributed by atoms with Gasteiger partial charge in [0.2, 0.25) is 0 Å². The predicted octanol–water partition coefficient (Wildman–Crippen LogP) is 2.77. The summed E-state index contributed by atoms with van der Waals surface area (Å²) in [6.45, 7) is 9.08. The Hall–Kier alpha value is -1.37. The van der Waals surface area contributed by atoms with Crippen molar-refractivity contribution < 1.29 is 0 Å². The summed E-state index contributed by atoms with van der Waals surface area (Å²) in [4.78, 5) is 2.55. The molecule has 1 fully saturated rings. The molecule has 0 radical (unpaired) electrons. The van der Waals surface area contributed by atoms with Crippen LogP contribution < -0.4 is 5.32 Å². The van der Waals surface area contributed by atoms with E-state index in [4.69, 9.17) is 5.26 Å². The van der Waals surface area contributed by atoms with Crippen LogP contribution >= 0.6 is 0 Å². The van der Waals surface area contributed by atoms with Gasteiger partial charge in [-0.25, -0.2) is 0 Å². The van der Waals surface area contributed by atoms with Crippen LogP contribution in [0.5, 0.6) is 0 Å². The zero-order valence-electron chi connectivity index (χ0n) is 12.6. The van der Waals surface area contributed by atoms with Gasteiger partial charge in [-0.3, -0.25) is 0 Å². The number of hydrogen-bond acceptors (Lipinski definition) is 3. The molecule has 1 N–H and O–H groups in total. The fraction of sp³-hybridized carbons (Fsp3) is 0.588. The van der Waals surface area contributed by atoms with Crippen molar-refractivity contribution in [2.45, 2.75) is 39.3 Å². The molecule has 1 saturated heterocycles. The Morgan fingerprint density at radius 3 is 2.80 bits per heavy atom. The van der Waals surface area contributed by atoms with Gasteiger partial charge in [0.05, 0.1) is 11.6 Å². The van der Waals surface area contributed by atoms with E-state index in [1.807, 2.05) is 24.3 Å². The van der Waals surface area contributed by atoms with E-state index in [2.05, 4.69) is 30.1 Å². The predicted molar refractivity (Wildman–Crippen MR) is 82.3 cm³/mol. The lowest BCUT2D eigenvalue weighted by Gasteiger charge is -2.35. The first-order chi connectivity index (χ1) is 9.72. The number of benzene rings is 1. The fourth-order valence-corrected chi connectivity index (χ4v) is 2.93. The molecular formula is C17H25N3. The Morgan fingerprint density at radius 1 is 1.40 bits per heavy atom. The van der Waals surface area contributed by atoms with E-state index in [0.29, 0.717) is 6.04 Å². The van der Waals surface area contributed by atoms with Crippen LogP contribution in [0, 0.1) is 17.2 Å². The molecule has 1 aromatic rings. The summed E-state index contributed by atoms with van der Waals surface area (Å²) in [6, 6.07) is 10.6. The van der Waals surface area contributed by atoms with Crippen molar-refractivity contribution >= 4 is 0 Å². The molecule has 0 aromatic heterocycles. The average Bonchev–Trinajstić information content (AvgIpc) is 2.53. The molecule has 2 unspecified atom stereocenters. The summed E-state index contributed by atoms with van der Waals surface area (Å²) in [5.41, 5.74) is 1.98. The van der Waals surface area contributed by atoms with E-state index in [1.54, 1.807) is 0 Å². The molecule has 20 heavy (non-hydrogen) atoms. The molecule has 1 aliphatic heterocycles. The molecule has 108 valence electrons. The molecule has 3 nitrogen and oxygen atoms in total. The third kappa shape index (κ3) is 4.06. The molecule has 2 rings (SSSR count). The summed E-state index contributed by atoms with van der Waals surface area (Å²) in [6.07, 6.45) is 2.65. The van der Waals surface area contributed by atoms with Crippen molar-refractivity contribution in [3.8, 4) is 6.07 Å². The van der Waals surface area contributed by atoms with Crippen molar-refractivity contribution in [3.05, 3.63) is 35.4 Å². The smallest absolute Gasteiger partial charge is 0.0991 e. The fourth-order valence-electron chi connectivity index (χ4n) is 2.93. The van der Waals surface area contributed by atoms with Crippen LogP contribution in [0.3, 0.4) is 0 Å². The van der Waals surface area contributed by atoms with Gasteiger partial charge in [0.15, 0.2) is 0 Å². The lowest BCUT2D eigenvalue weighted by molar-refractivity contribution is 0.157. The van der Waals surface area contributed by atoms with Gasteiger partial charge < -0.3 is 10.2 Å². The third-order valence-corrected chi connectivity index (χ3v) is 4.41. The molecular weight excluding hydrogens is 246 g/mol. The highest BCUT2D eigenvalue weighted by molar-refractivity contribution is 5.31. The first-order valence-electron chi connectivity index (χ1n) is 7.67. The Labute approximate surface area is 122 Å². The van der Waals surface area contributed by atoms with Gasteiger partial charge in [0, 0.05) is 19.1 Å². The Morgan fingerprint density at radius 2 is 2.15 bits per heavy atom. The zero-order chi connectivity index (χ0) is 14.4. The molecule has 1 heterocycles. The monoisotopic (exact) mass is 271 g/mol. The van der Waals surface area contributed by atoms with Crippen molar-refractivity contribution in [2.75, 3.05) is 19.6 Å². The highest BCUT2D eigenvalue weighted by atomic mass is 15.1. The minimum atomic E-state index is 0.542. The molecule has 1 aliphatic rings. The van der Waals surface area contributed by atoms with Crippen molar-refractivity contribution in [1.82, 2.24) is 10.2 Å². The highest BCUT2D eigenvalue weighted by Crippen LogP contribution is 2.19. The molecule has 0 aliphatic carbocycles. The van der Waals surface area contributed by atoms with Crippen LogP contribution in [0.1, 0.15) is 37.8 Å². The standard InChI is InChI=1S/C17H25N3/c1-3-20-10-4-5-17(13-20)14(2)19-12-16-8-6-15(11-18)7-9-16/h6-9,14,17,19H,3-5,10,12-13H2,1-2H3. The SMILES string of the molecule is CCN1CCCC(C(C)NCc2ccc(C#N)cc2)C1. The van der Waals surface area contributed by atoms with Crippen molar-refractivity contribution in [1.29, 1.82) is 5.26 Å². The second-order valence-corrected chi connectivity index (χ2v) is 5.77. The van der Waals surface area contributed by atoms with Crippen LogP contribution in [0.2, 0.25) is 0 Å². The molecule has 0 saturated carbocycles. The summed E-state index contributed by atoms with van der Waals surface area (Å²) in [7, 11) is 0. The van der Waals surface area contributed by atoms with Gasteiger partial charge in [-0.05, 0) is 56.5 Å². The van der Waals surface area contributed by atoms with Gasteiger partial charge in [-0.2, -0.15) is 5.26 Å². The van der Waals surface area contributed by atoms with E-state index in [1.165, 1.54) is 38.0 Å². The van der Waals surface area contributed by atoms with Crippen LogP contribution in [0.25, 0.3) is 0 Å². The summed E-state index contributed by atoms with van der Waals surface area (Å²) in [5, 5.41) is 12.4. The Balaban J connectivity index is 1.82. The number of rotatable bonds is 5. The first-order valence-corrected chi connectivity index (χ1v) is 7.67.